The third-order valence-electron chi connectivity index (χ3n) is 5.81. The van der Waals surface area contributed by atoms with Crippen LogP contribution in [0.2, 0.25) is 0 Å². The van der Waals surface area contributed by atoms with Gasteiger partial charge in [0.1, 0.15) is 5.69 Å². The molecule has 2 heterocycles. The highest BCUT2D eigenvalue weighted by molar-refractivity contribution is 5.84. The highest BCUT2D eigenvalue weighted by atomic mass is 16.2. The minimum Gasteiger partial charge on any atom is -0.347 e. The predicted molar refractivity (Wildman–Crippen MR) is 95.2 cm³/mol. The molecule has 1 amide bonds. The second-order valence-electron chi connectivity index (χ2n) is 7.35. The van der Waals surface area contributed by atoms with E-state index in [1.165, 1.54) is 6.42 Å². The largest absolute Gasteiger partial charge is 0.347 e. The number of nitrogens with one attached hydrogen (secondary N) is 2. The van der Waals surface area contributed by atoms with Gasteiger partial charge in [-0.25, -0.2) is 4.68 Å². The molecule has 6 heteroatoms. The van der Waals surface area contributed by atoms with Gasteiger partial charge in [-0.3, -0.25) is 4.79 Å². The summed E-state index contributed by atoms with van der Waals surface area (Å²) in [6.45, 7) is 3.74. The normalized spacial score (nSPS) is 26.8. The number of carbonyl (C=O) groups is 1. The molecule has 132 valence electrons. The van der Waals surface area contributed by atoms with Gasteiger partial charge in [-0.15, -0.1) is 5.10 Å². The van der Waals surface area contributed by atoms with Crippen molar-refractivity contribution in [2.75, 3.05) is 13.1 Å². The SMILES string of the molecule is CC(NC(=O)[C@@]12CCCC[C@H]1CNC2)c1cn(-c2ccccc2)nn1. The van der Waals surface area contributed by atoms with E-state index in [1.807, 2.05) is 43.5 Å². The van der Waals surface area contributed by atoms with Crippen molar-refractivity contribution in [2.45, 2.75) is 38.6 Å². The average molecular weight is 339 g/mol. The molecule has 2 fully saturated rings. The molecule has 4 rings (SSSR count). The Labute approximate surface area is 148 Å². The molecule has 1 saturated heterocycles. The second-order valence-corrected chi connectivity index (χ2v) is 7.35. The minimum absolute atomic E-state index is 0.150. The second kappa shape index (κ2) is 6.59. The van der Waals surface area contributed by atoms with Crippen molar-refractivity contribution in [3.8, 4) is 5.69 Å². The van der Waals surface area contributed by atoms with Gasteiger partial charge in [0.25, 0.3) is 0 Å². The van der Waals surface area contributed by atoms with Crippen LogP contribution in [0, 0.1) is 11.3 Å². The summed E-state index contributed by atoms with van der Waals surface area (Å²) in [7, 11) is 0. The van der Waals surface area contributed by atoms with E-state index in [2.05, 4.69) is 20.9 Å². The third-order valence-corrected chi connectivity index (χ3v) is 5.81. The smallest absolute Gasteiger partial charge is 0.228 e. The standard InChI is InChI=1S/C19H25N5O/c1-14(17-12-24(23-22-17)16-8-3-2-4-9-16)21-18(25)19-10-6-5-7-15(19)11-20-13-19/h2-4,8-9,12,14-15,20H,5-7,10-11,13H2,1H3,(H,21,25)/t14?,15-,19+/m0/s1. The number of benzene rings is 1. The average Bonchev–Trinajstić information content (AvgIpc) is 3.30. The van der Waals surface area contributed by atoms with E-state index in [4.69, 9.17) is 0 Å². The van der Waals surface area contributed by atoms with Gasteiger partial charge in [-0.05, 0) is 44.4 Å². The van der Waals surface area contributed by atoms with Gasteiger partial charge in [0, 0.05) is 6.54 Å². The summed E-state index contributed by atoms with van der Waals surface area (Å²) in [4.78, 5) is 13.1. The van der Waals surface area contributed by atoms with Crippen LogP contribution in [-0.2, 0) is 4.79 Å². The van der Waals surface area contributed by atoms with E-state index in [0.29, 0.717) is 5.92 Å². The zero-order chi connectivity index (χ0) is 17.3. The first-order valence-electron chi connectivity index (χ1n) is 9.18. The molecule has 0 spiro atoms. The van der Waals surface area contributed by atoms with Gasteiger partial charge in [0.2, 0.25) is 5.91 Å². The van der Waals surface area contributed by atoms with E-state index in [-0.39, 0.29) is 17.4 Å². The van der Waals surface area contributed by atoms with Gasteiger partial charge in [-0.1, -0.05) is 36.3 Å². The van der Waals surface area contributed by atoms with E-state index < -0.39 is 0 Å². The Bertz CT molecular complexity index is 743. The summed E-state index contributed by atoms with van der Waals surface area (Å²) in [5.41, 5.74) is 1.51. The highest BCUT2D eigenvalue weighted by Crippen LogP contribution is 2.44. The topological polar surface area (TPSA) is 71.8 Å². The number of para-hydroxylation sites is 1. The Hall–Kier alpha value is -2.21. The summed E-state index contributed by atoms with van der Waals surface area (Å²) in [6.07, 6.45) is 6.41. The maximum absolute atomic E-state index is 13.1. The summed E-state index contributed by atoms with van der Waals surface area (Å²) < 4.78 is 1.75. The van der Waals surface area contributed by atoms with E-state index in [9.17, 15) is 4.79 Å². The molecule has 2 aromatic rings. The monoisotopic (exact) mass is 339 g/mol. The fourth-order valence-electron chi connectivity index (χ4n) is 4.29. The zero-order valence-electron chi connectivity index (χ0n) is 14.6. The van der Waals surface area contributed by atoms with Crippen LogP contribution in [0.15, 0.2) is 36.5 Å². The highest BCUT2D eigenvalue weighted by Gasteiger charge is 2.50. The van der Waals surface area contributed by atoms with Crippen molar-refractivity contribution in [2.24, 2.45) is 11.3 Å². The quantitative estimate of drug-likeness (QED) is 0.896. The van der Waals surface area contributed by atoms with Crippen molar-refractivity contribution in [1.82, 2.24) is 25.6 Å². The number of amides is 1. The fourth-order valence-corrected chi connectivity index (χ4v) is 4.29. The fraction of sp³-hybridized carbons (Fsp3) is 0.526. The Balaban J connectivity index is 1.48. The summed E-state index contributed by atoms with van der Waals surface area (Å²) in [5, 5.41) is 15.1. The van der Waals surface area contributed by atoms with Crippen molar-refractivity contribution in [1.29, 1.82) is 0 Å². The number of rotatable bonds is 4. The Morgan fingerprint density at radius 2 is 2.20 bits per heavy atom. The maximum Gasteiger partial charge on any atom is 0.228 e. The number of hydrogen-bond donors (Lipinski definition) is 2. The van der Waals surface area contributed by atoms with E-state index >= 15 is 0 Å². The van der Waals surface area contributed by atoms with Crippen molar-refractivity contribution in [3.05, 3.63) is 42.2 Å². The summed E-state index contributed by atoms with van der Waals surface area (Å²) in [5.74, 6) is 0.636. The van der Waals surface area contributed by atoms with Gasteiger partial charge in [-0.2, -0.15) is 0 Å². The lowest BCUT2D eigenvalue weighted by Crippen LogP contribution is -2.48. The molecule has 3 atom stereocenters. The molecule has 25 heavy (non-hydrogen) atoms. The van der Waals surface area contributed by atoms with E-state index in [0.717, 1.165) is 43.7 Å². The first kappa shape index (κ1) is 16.3. The first-order chi connectivity index (χ1) is 12.2. The molecular weight excluding hydrogens is 314 g/mol. The maximum atomic E-state index is 13.1. The first-order valence-corrected chi connectivity index (χ1v) is 9.18. The third kappa shape index (κ3) is 2.95. The van der Waals surface area contributed by atoms with Crippen molar-refractivity contribution < 1.29 is 4.79 Å². The van der Waals surface area contributed by atoms with Crippen LogP contribution in [0.5, 0.6) is 0 Å². The van der Waals surface area contributed by atoms with E-state index in [1.54, 1.807) is 4.68 Å². The minimum atomic E-state index is -0.234. The molecule has 0 radical (unpaired) electrons. The van der Waals surface area contributed by atoms with Crippen LogP contribution in [0.1, 0.15) is 44.3 Å². The van der Waals surface area contributed by atoms with Crippen LogP contribution in [0.3, 0.4) is 0 Å². The van der Waals surface area contributed by atoms with Crippen LogP contribution >= 0.6 is 0 Å². The lowest BCUT2D eigenvalue weighted by molar-refractivity contribution is -0.134. The molecular formula is C19H25N5O. The molecule has 1 saturated carbocycles. The van der Waals surface area contributed by atoms with Crippen LogP contribution < -0.4 is 10.6 Å². The van der Waals surface area contributed by atoms with Crippen LogP contribution in [0.25, 0.3) is 5.69 Å². The zero-order valence-corrected chi connectivity index (χ0v) is 14.6. The van der Waals surface area contributed by atoms with Crippen LogP contribution in [-0.4, -0.2) is 34.0 Å². The number of carbonyl (C=O) groups excluding carboxylic acids is 1. The van der Waals surface area contributed by atoms with Gasteiger partial charge < -0.3 is 10.6 Å². The molecule has 0 bridgehead atoms. The molecule has 6 nitrogen and oxygen atoms in total. The van der Waals surface area contributed by atoms with Gasteiger partial charge in [0.15, 0.2) is 0 Å². The van der Waals surface area contributed by atoms with Gasteiger partial charge in [0.05, 0.1) is 23.3 Å². The molecule has 1 aromatic carbocycles. The van der Waals surface area contributed by atoms with Crippen molar-refractivity contribution >= 4 is 5.91 Å². The summed E-state index contributed by atoms with van der Waals surface area (Å²) >= 11 is 0. The lowest BCUT2D eigenvalue weighted by atomic mass is 9.67. The Kier molecular flexibility index (Phi) is 4.29. The number of aromatic nitrogens is 3. The van der Waals surface area contributed by atoms with Gasteiger partial charge >= 0.3 is 0 Å². The van der Waals surface area contributed by atoms with Crippen LogP contribution in [0.4, 0.5) is 0 Å². The molecule has 1 unspecified atom stereocenters. The molecule has 1 aliphatic heterocycles. The number of nitrogens with zero attached hydrogens (tertiary/aromatic N) is 3. The molecule has 1 aromatic heterocycles. The lowest BCUT2D eigenvalue weighted by Gasteiger charge is -2.37. The summed E-state index contributed by atoms with van der Waals surface area (Å²) in [6, 6.07) is 9.73. The molecule has 2 aliphatic rings. The Morgan fingerprint density at radius 1 is 1.36 bits per heavy atom. The molecule has 2 N–H and O–H groups in total. The Morgan fingerprint density at radius 3 is 3.04 bits per heavy atom. The molecule has 1 aliphatic carbocycles. The predicted octanol–water partition coefficient (Wildman–Crippen LogP) is 2.22. The number of hydrogen-bond acceptors (Lipinski definition) is 4. The number of fused-ring (bicyclic) bond motifs is 1. The van der Waals surface area contributed by atoms with Crippen molar-refractivity contribution in [3.63, 3.8) is 0 Å².